The van der Waals surface area contributed by atoms with Gasteiger partial charge in [-0.2, -0.15) is 0 Å². The fourth-order valence-electron chi connectivity index (χ4n) is 3.70. The molecule has 5 nitrogen and oxygen atoms in total. The van der Waals surface area contributed by atoms with Gasteiger partial charge in [0, 0.05) is 42.3 Å². The first-order valence-electron chi connectivity index (χ1n) is 10.8. The number of unbranched alkanes of at least 4 members (excludes halogenated alkanes) is 1. The maximum Gasteiger partial charge on any atom is 0.255 e. The topological polar surface area (TPSA) is 58.1 Å². The Morgan fingerprint density at radius 3 is 2.23 bits per heavy atom. The number of carbonyl (C=O) groups excluding carboxylic acids is 1. The molecule has 0 spiro atoms. The van der Waals surface area contributed by atoms with Crippen LogP contribution in [-0.2, 0) is 6.42 Å². The Kier molecular flexibility index (Phi) is 6.38. The number of hydrogen-bond acceptors (Lipinski definition) is 4. The summed E-state index contributed by atoms with van der Waals surface area (Å²) in [6.07, 6.45) is 9.57. The number of nitrogens with one attached hydrogen (secondary N) is 1. The molecule has 5 heteroatoms. The van der Waals surface area contributed by atoms with Crippen molar-refractivity contribution in [3.05, 3.63) is 72.1 Å². The molecule has 0 unspecified atom stereocenters. The molecule has 1 amide bonds. The monoisotopic (exact) mass is 400 g/mol. The maximum absolute atomic E-state index is 12.6. The van der Waals surface area contributed by atoms with E-state index in [-0.39, 0.29) is 5.91 Å². The van der Waals surface area contributed by atoms with Gasteiger partial charge in [-0.1, -0.05) is 37.6 Å². The lowest BCUT2D eigenvalue weighted by Gasteiger charge is -2.14. The van der Waals surface area contributed by atoms with E-state index in [0.29, 0.717) is 5.56 Å². The first-order chi connectivity index (χ1) is 14.7. The Hall–Kier alpha value is -3.21. The molecule has 30 heavy (non-hydrogen) atoms. The highest BCUT2D eigenvalue weighted by atomic mass is 16.1. The normalized spacial score (nSPS) is 13.4. The van der Waals surface area contributed by atoms with Crippen LogP contribution in [0.1, 0.15) is 48.5 Å². The van der Waals surface area contributed by atoms with Crippen molar-refractivity contribution in [3.8, 4) is 11.1 Å². The van der Waals surface area contributed by atoms with Crippen LogP contribution in [0.25, 0.3) is 11.1 Å². The minimum Gasteiger partial charge on any atom is -0.341 e. The van der Waals surface area contributed by atoms with Crippen molar-refractivity contribution in [1.82, 2.24) is 9.97 Å². The number of aromatic nitrogens is 2. The molecule has 0 bridgehead atoms. The Morgan fingerprint density at radius 1 is 0.933 bits per heavy atom. The number of anilines is 2. The van der Waals surface area contributed by atoms with E-state index in [0.717, 1.165) is 42.3 Å². The number of hydrogen-bond donors (Lipinski definition) is 1. The number of amides is 1. The van der Waals surface area contributed by atoms with E-state index in [1.54, 1.807) is 0 Å². The second-order valence-corrected chi connectivity index (χ2v) is 7.80. The van der Waals surface area contributed by atoms with Crippen molar-refractivity contribution in [2.24, 2.45) is 0 Å². The lowest BCUT2D eigenvalue weighted by atomic mass is 10.1. The van der Waals surface area contributed by atoms with Crippen LogP contribution in [-0.4, -0.2) is 29.0 Å². The second-order valence-electron chi connectivity index (χ2n) is 7.80. The lowest BCUT2D eigenvalue weighted by molar-refractivity contribution is 0.102. The first-order valence-corrected chi connectivity index (χ1v) is 10.8. The van der Waals surface area contributed by atoms with Gasteiger partial charge in [-0.05, 0) is 61.1 Å². The molecule has 1 saturated heterocycles. The lowest BCUT2D eigenvalue weighted by Crippen LogP contribution is -2.20. The average molecular weight is 401 g/mol. The van der Waals surface area contributed by atoms with Crippen molar-refractivity contribution < 1.29 is 4.79 Å². The minimum absolute atomic E-state index is 0.108. The number of aryl methyl sites for hydroxylation is 1. The first kappa shape index (κ1) is 20.1. The van der Waals surface area contributed by atoms with Gasteiger partial charge in [-0.3, -0.25) is 4.79 Å². The molecule has 1 aliphatic heterocycles. The summed E-state index contributed by atoms with van der Waals surface area (Å²) < 4.78 is 0. The van der Waals surface area contributed by atoms with Crippen molar-refractivity contribution in [1.29, 1.82) is 0 Å². The number of rotatable bonds is 7. The summed E-state index contributed by atoms with van der Waals surface area (Å²) in [7, 11) is 0. The summed E-state index contributed by atoms with van der Waals surface area (Å²) in [5.41, 5.74) is 4.70. The Morgan fingerprint density at radius 2 is 1.60 bits per heavy atom. The molecule has 1 aliphatic rings. The fraction of sp³-hybridized carbons (Fsp3) is 0.320. The van der Waals surface area contributed by atoms with Gasteiger partial charge in [0.25, 0.3) is 5.91 Å². The van der Waals surface area contributed by atoms with E-state index in [1.165, 1.54) is 31.2 Å². The zero-order valence-corrected chi connectivity index (χ0v) is 17.5. The van der Waals surface area contributed by atoms with E-state index in [2.05, 4.69) is 39.2 Å². The van der Waals surface area contributed by atoms with Crippen molar-refractivity contribution in [2.45, 2.75) is 39.0 Å². The van der Waals surface area contributed by atoms with E-state index >= 15 is 0 Å². The summed E-state index contributed by atoms with van der Waals surface area (Å²) >= 11 is 0. The van der Waals surface area contributed by atoms with Crippen LogP contribution >= 0.6 is 0 Å². The standard InChI is InChI=1S/C25H28N4O/c1-2-3-6-19-7-13-23(14-8-19)28-24(30)21-11-9-20(10-12-21)22-17-26-25(27-18-22)29-15-4-5-16-29/h7-14,17-18H,2-6,15-16H2,1H3,(H,28,30). The van der Waals surface area contributed by atoms with Crippen LogP contribution < -0.4 is 10.2 Å². The summed E-state index contributed by atoms with van der Waals surface area (Å²) in [6, 6.07) is 15.7. The summed E-state index contributed by atoms with van der Waals surface area (Å²) in [5.74, 6) is 0.691. The molecule has 1 aromatic heterocycles. The van der Waals surface area contributed by atoms with Crippen molar-refractivity contribution >= 4 is 17.5 Å². The third kappa shape index (κ3) is 4.85. The summed E-state index contributed by atoms with van der Waals surface area (Å²) in [4.78, 5) is 23.8. The summed E-state index contributed by atoms with van der Waals surface area (Å²) in [5, 5.41) is 2.97. The van der Waals surface area contributed by atoms with Gasteiger partial charge in [0.05, 0.1) is 0 Å². The number of benzene rings is 2. The number of carbonyl (C=O) groups is 1. The van der Waals surface area contributed by atoms with E-state index in [4.69, 9.17) is 0 Å². The van der Waals surface area contributed by atoms with Gasteiger partial charge in [-0.15, -0.1) is 0 Å². The summed E-state index contributed by atoms with van der Waals surface area (Å²) in [6.45, 7) is 4.26. The van der Waals surface area contributed by atoms with Crippen molar-refractivity contribution in [2.75, 3.05) is 23.3 Å². The van der Waals surface area contributed by atoms with Gasteiger partial charge in [0.1, 0.15) is 0 Å². The van der Waals surface area contributed by atoms with Crippen LogP contribution in [0.15, 0.2) is 60.9 Å². The molecule has 154 valence electrons. The highest BCUT2D eigenvalue weighted by molar-refractivity contribution is 6.04. The van der Waals surface area contributed by atoms with Crippen LogP contribution in [0.2, 0.25) is 0 Å². The smallest absolute Gasteiger partial charge is 0.255 e. The molecule has 0 aliphatic carbocycles. The molecule has 2 heterocycles. The van der Waals surface area contributed by atoms with E-state index in [9.17, 15) is 4.79 Å². The molecule has 1 fully saturated rings. The SMILES string of the molecule is CCCCc1ccc(NC(=O)c2ccc(-c3cnc(N4CCCC4)nc3)cc2)cc1. The van der Waals surface area contributed by atoms with Gasteiger partial charge < -0.3 is 10.2 Å². The molecular weight excluding hydrogens is 372 g/mol. The zero-order valence-electron chi connectivity index (χ0n) is 17.5. The van der Waals surface area contributed by atoms with Gasteiger partial charge in [-0.25, -0.2) is 9.97 Å². The predicted molar refractivity (Wildman–Crippen MR) is 122 cm³/mol. The van der Waals surface area contributed by atoms with Gasteiger partial charge in [0.2, 0.25) is 5.95 Å². The predicted octanol–water partition coefficient (Wildman–Crippen LogP) is 5.34. The molecule has 3 aromatic rings. The molecule has 0 radical (unpaired) electrons. The molecule has 4 rings (SSSR count). The maximum atomic E-state index is 12.6. The average Bonchev–Trinajstić information content (AvgIpc) is 3.34. The highest BCUT2D eigenvalue weighted by Gasteiger charge is 2.14. The van der Waals surface area contributed by atoms with E-state index in [1.807, 2.05) is 48.8 Å². The van der Waals surface area contributed by atoms with Crippen LogP contribution in [0, 0.1) is 0 Å². The molecule has 2 aromatic carbocycles. The third-order valence-electron chi connectivity index (χ3n) is 5.54. The van der Waals surface area contributed by atoms with Gasteiger partial charge in [0.15, 0.2) is 0 Å². The largest absolute Gasteiger partial charge is 0.341 e. The Labute approximate surface area is 178 Å². The Bertz CT molecular complexity index is 960. The van der Waals surface area contributed by atoms with Crippen LogP contribution in [0.3, 0.4) is 0 Å². The second kappa shape index (κ2) is 9.53. The third-order valence-corrected chi connectivity index (χ3v) is 5.54. The van der Waals surface area contributed by atoms with E-state index < -0.39 is 0 Å². The van der Waals surface area contributed by atoms with Gasteiger partial charge >= 0.3 is 0 Å². The van der Waals surface area contributed by atoms with Crippen LogP contribution in [0.4, 0.5) is 11.6 Å². The fourth-order valence-corrected chi connectivity index (χ4v) is 3.70. The Balaban J connectivity index is 1.38. The quantitative estimate of drug-likeness (QED) is 0.582. The molecule has 1 N–H and O–H groups in total. The molecular formula is C25H28N4O. The number of nitrogens with zero attached hydrogens (tertiary/aromatic N) is 3. The zero-order chi connectivity index (χ0) is 20.8. The van der Waals surface area contributed by atoms with Crippen molar-refractivity contribution in [3.63, 3.8) is 0 Å². The van der Waals surface area contributed by atoms with Crippen LogP contribution in [0.5, 0.6) is 0 Å². The highest BCUT2D eigenvalue weighted by Crippen LogP contribution is 2.22. The molecule has 0 saturated carbocycles. The molecule has 0 atom stereocenters. The minimum atomic E-state index is -0.108.